The average Bonchev–Trinajstić information content (AvgIpc) is 3.10. The number of nitrogens with one attached hydrogen (secondary N) is 2. The van der Waals surface area contributed by atoms with E-state index in [1.807, 2.05) is 11.0 Å². The van der Waals surface area contributed by atoms with Gasteiger partial charge in [-0.25, -0.2) is 9.79 Å². The molecular formula is C25H38N6O3S. The van der Waals surface area contributed by atoms with E-state index in [9.17, 15) is 9.59 Å². The molecule has 0 radical (unpaired) electrons. The first-order chi connectivity index (χ1) is 17.0. The first-order valence-electron chi connectivity index (χ1n) is 12.8. The van der Waals surface area contributed by atoms with Crippen LogP contribution in [-0.4, -0.2) is 79.6 Å². The van der Waals surface area contributed by atoms with Gasteiger partial charge >= 0.3 is 6.09 Å². The maximum absolute atomic E-state index is 13.5. The number of hydrogen-bond donors (Lipinski definition) is 3. The van der Waals surface area contributed by atoms with Gasteiger partial charge in [0.15, 0.2) is 0 Å². The van der Waals surface area contributed by atoms with Crippen molar-refractivity contribution >= 4 is 40.9 Å². The number of hydrogen-bond acceptors (Lipinski definition) is 8. The van der Waals surface area contributed by atoms with Crippen LogP contribution in [0.1, 0.15) is 55.2 Å². The largest absolute Gasteiger partial charge is 0.446 e. The van der Waals surface area contributed by atoms with Crippen molar-refractivity contribution < 1.29 is 14.3 Å². The summed E-state index contributed by atoms with van der Waals surface area (Å²) in [6.07, 6.45) is 6.60. The second-order valence-corrected chi connectivity index (χ2v) is 10.6. The highest BCUT2D eigenvalue weighted by Gasteiger charge is 2.24. The molecule has 35 heavy (non-hydrogen) atoms. The van der Waals surface area contributed by atoms with Gasteiger partial charge in [-0.15, -0.1) is 11.3 Å². The first-order valence-corrected chi connectivity index (χ1v) is 13.7. The van der Waals surface area contributed by atoms with Gasteiger partial charge in [-0.2, -0.15) is 0 Å². The molecule has 1 saturated carbocycles. The van der Waals surface area contributed by atoms with Gasteiger partial charge in [-0.05, 0) is 44.2 Å². The van der Waals surface area contributed by atoms with E-state index in [0.717, 1.165) is 69.0 Å². The molecule has 0 atom stereocenters. The minimum atomic E-state index is -0.361. The summed E-state index contributed by atoms with van der Waals surface area (Å²) in [6.45, 7) is 8.75. The molecule has 4 N–H and O–H groups in total. The number of rotatable bonds is 10. The van der Waals surface area contributed by atoms with Crippen molar-refractivity contribution in [1.29, 1.82) is 0 Å². The number of nitrogens with zero attached hydrogens (tertiary/aromatic N) is 3. The third-order valence-electron chi connectivity index (χ3n) is 6.58. The number of alkyl carbamates (subject to hydrolysis) is 1. The van der Waals surface area contributed by atoms with Gasteiger partial charge in [0.2, 0.25) is 5.91 Å². The highest BCUT2D eigenvalue weighted by Crippen LogP contribution is 2.35. The van der Waals surface area contributed by atoms with Crippen LogP contribution in [0.4, 0.5) is 10.5 Å². The molecule has 3 heterocycles. The second kappa shape index (κ2) is 12.5. The molecule has 3 aliphatic rings. The molecule has 1 aromatic rings. The van der Waals surface area contributed by atoms with Gasteiger partial charge in [-0.3, -0.25) is 9.69 Å². The normalized spacial score (nSPS) is 18.5. The Kier molecular flexibility index (Phi) is 9.17. The van der Waals surface area contributed by atoms with Gasteiger partial charge in [0.25, 0.3) is 0 Å². The number of ether oxygens (including phenoxy) is 1. The zero-order chi connectivity index (χ0) is 24.6. The number of fused-ring (bicyclic) bond motifs is 1. The summed E-state index contributed by atoms with van der Waals surface area (Å²) in [5.41, 5.74) is 7.75. The molecule has 2 fully saturated rings. The van der Waals surface area contributed by atoms with E-state index in [2.05, 4.69) is 33.5 Å². The second-order valence-electron chi connectivity index (χ2n) is 9.47. The van der Waals surface area contributed by atoms with E-state index in [4.69, 9.17) is 10.5 Å². The van der Waals surface area contributed by atoms with Gasteiger partial charge in [0.1, 0.15) is 11.9 Å². The van der Waals surface area contributed by atoms with Gasteiger partial charge < -0.3 is 26.0 Å². The van der Waals surface area contributed by atoms with Crippen LogP contribution in [0.2, 0.25) is 0 Å². The molecule has 2 amide bonds. The van der Waals surface area contributed by atoms with E-state index in [-0.39, 0.29) is 18.1 Å². The summed E-state index contributed by atoms with van der Waals surface area (Å²) in [5, 5.41) is 6.19. The third kappa shape index (κ3) is 7.28. The van der Waals surface area contributed by atoms with Crippen LogP contribution in [0.5, 0.6) is 0 Å². The molecule has 0 bridgehead atoms. The molecule has 4 rings (SSSR count). The summed E-state index contributed by atoms with van der Waals surface area (Å²) in [5.74, 6) is 0.457. The van der Waals surface area contributed by atoms with Gasteiger partial charge in [0, 0.05) is 69.2 Å². The van der Waals surface area contributed by atoms with Gasteiger partial charge in [-0.1, -0.05) is 6.92 Å². The molecule has 1 aromatic heterocycles. The van der Waals surface area contributed by atoms with E-state index < -0.39 is 0 Å². The Morgan fingerprint density at radius 3 is 2.83 bits per heavy atom. The van der Waals surface area contributed by atoms with Crippen molar-refractivity contribution in [2.24, 2.45) is 10.7 Å². The van der Waals surface area contributed by atoms with Crippen molar-refractivity contribution in [3.05, 3.63) is 21.4 Å². The van der Waals surface area contributed by atoms with Crippen LogP contribution in [-0.2, 0) is 16.1 Å². The standard InChI is InChI=1S/C25H38N6O3S/c1-2-10-31(11-4-7-28-25(33)34-19-5-3-6-19)24(32)18-14-22-21(29-23(26)15-18)16-20(35-22)17-30-12-8-27-9-13-30/h14,16,19,27H,2-13,15,17H2,1H3,(H2,26,29)(H,28,33). The van der Waals surface area contributed by atoms with Crippen LogP contribution in [0.15, 0.2) is 16.6 Å². The third-order valence-corrected chi connectivity index (χ3v) is 7.63. The van der Waals surface area contributed by atoms with Gasteiger partial charge in [0.05, 0.1) is 10.6 Å². The summed E-state index contributed by atoms with van der Waals surface area (Å²) in [6, 6.07) is 2.11. The number of carbonyl (C=O) groups excluding carboxylic acids is 2. The lowest BCUT2D eigenvalue weighted by molar-refractivity contribution is -0.127. The number of aliphatic imine (C=N–C) groups is 1. The molecule has 1 aliphatic carbocycles. The van der Waals surface area contributed by atoms with Crippen LogP contribution >= 0.6 is 11.3 Å². The smallest absolute Gasteiger partial charge is 0.407 e. The van der Waals surface area contributed by atoms with E-state index in [0.29, 0.717) is 43.9 Å². The zero-order valence-corrected chi connectivity index (χ0v) is 21.5. The number of piperazine rings is 1. The predicted octanol–water partition coefficient (Wildman–Crippen LogP) is 2.84. The minimum absolute atomic E-state index is 0.00745. The molecule has 0 unspecified atom stereocenters. The lowest BCUT2D eigenvalue weighted by atomic mass is 9.96. The Balaban J connectivity index is 1.36. The highest BCUT2D eigenvalue weighted by atomic mass is 32.1. The number of thiophene rings is 1. The summed E-state index contributed by atoms with van der Waals surface area (Å²) in [7, 11) is 0. The summed E-state index contributed by atoms with van der Waals surface area (Å²) >= 11 is 1.69. The Labute approximate surface area is 211 Å². The Bertz CT molecular complexity index is 949. The minimum Gasteiger partial charge on any atom is -0.446 e. The summed E-state index contributed by atoms with van der Waals surface area (Å²) in [4.78, 5) is 36.5. The fraction of sp³-hybridized carbons (Fsp3) is 0.640. The number of nitrogens with two attached hydrogens (primary N) is 1. The van der Waals surface area contributed by atoms with Crippen molar-refractivity contribution in [3.8, 4) is 0 Å². The number of carbonyl (C=O) groups is 2. The predicted molar refractivity (Wildman–Crippen MR) is 140 cm³/mol. The molecule has 192 valence electrons. The Morgan fingerprint density at radius 2 is 2.11 bits per heavy atom. The monoisotopic (exact) mass is 502 g/mol. The molecule has 2 aliphatic heterocycles. The summed E-state index contributed by atoms with van der Waals surface area (Å²) < 4.78 is 5.32. The van der Waals surface area contributed by atoms with E-state index in [1.165, 1.54) is 4.88 Å². The molecule has 0 spiro atoms. The Morgan fingerprint density at radius 1 is 1.31 bits per heavy atom. The molecular weight excluding hydrogens is 464 g/mol. The molecule has 0 aromatic carbocycles. The molecule has 9 nitrogen and oxygen atoms in total. The lowest BCUT2D eigenvalue weighted by Gasteiger charge is -2.26. The lowest BCUT2D eigenvalue weighted by Crippen LogP contribution is -2.42. The van der Waals surface area contributed by atoms with Crippen molar-refractivity contribution in [1.82, 2.24) is 20.4 Å². The maximum atomic E-state index is 13.5. The van der Waals surface area contributed by atoms with E-state index in [1.54, 1.807) is 11.3 Å². The molecule has 10 heteroatoms. The highest BCUT2D eigenvalue weighted by molar-refractivity contribution is 7.13. The molecule has 1 saturated heterocycles. The van der Waals surface area contributed by atoms with Crippen molar-refractivity contribution in [3.63, 3.8) is 0 Å². The van der Waals surface area contributed by atoms with Crippen molar-refractivity contribution in [2.45, 2.75) is 58.1 Å². The van der Waals surface area contributed by atoms with Crippen LogP contribution in [0.3, 0.4) is 0 Å². The zero-order valence-electron chi connectivity index (χ0n) is 20.7. The van der Waals surface area contributed by atoms with Crippen LogP contribution in [0, 0.1) is 0 Å². The maximum Gasteiger partial charge on any atom is 0.407 e. The number of amides is 2. The fourth-order valence-electron chi connectivity index (χ4n) is 4.47. The number of amidine groups is 1. The van der Waals surface area contributed by atoms with Crippen LogP contribution < -0.4 is 16.4 Å². The fourth-order valence-corrected chi connectivity index (χ4v) is 5.58. The van der Waals surface area contributed by atoms with E-state index >= 15 is 0 Å². The quantitative estimate of drug-likeness (QED) is 0.424. The van der Waals surface area contributed by atoms with Crippen molar-refractivity contribution in [2.75, 3.05) is 45.8 Å². The average molecular weight is 503 g/mol. The SMILES string of the molecule is CCCN(CCCNC(=O)OC1CCC1)C(=O)C1=Cc2sc(CN3CCNCC3)cc2N=C(N)C1. The Hall–Kier alpha value is -2.43. The van der Waals surface area contributed by atoms with Crippen LogP contribution in [0.25, 0.3) is 6.08 Å². The topological polar surface area (TPSA) is 112 Å². The first kappa shape index (κ1) is 25.7.